The molecule has 1 rings (SSSR count). The van der Waals surface area contributed by atoms with Gasteiger partial charge in [0, 0.05) is 32.0 Å². The average Bonchev–Trinajstić information content (AvgIpc) is 2.42. The minimum atomic E-state index is 0.470. The van der Waals surface area contributed by atoms with Crippen molar-refractivity contribution < 1.29 is 9.47 Å². The van der Waals surface area contributed by atoms with E-state index >= 15 is 0 Å². The molecule has 0 aliphatic carbocycles. The van der Waals surface area contributed by atoms with Crippen molar-refractivity contribution in [2.75, 3.05) is 44.0 Å². The van der Waals surface area contributed by atoms with Crippen LogP contribution in [0.5, 0.6) is 5.75 Å². The van der Waals surface area contributed by atoms with Gasteiger partial charge in [0.1, 0.15) is 5.75 Å². The van der Waals surface area contributed by atoms with Crippen molar-refractivity contribution in [2.45, 2.75) is 13.3 Å². The molecular formula is C14H21N3O2. The smallest absolute Gasteiger partial charge is 0.144 e. The summed E-state index contributed by atoms with van der Waals surface area (Å²) in [5, 5.41) is 8.72. The molecule has 0 aliphatic rings. The van der Waals surface area contributed by atoms with Crippen molar-refractivity contribution in [1.29, 1.82) is 5.26 Å². The lowest BCUT2D eigenvalue weighted by Gasteiger charge is -2.24. The van der Waals surface area contributed by atoms with Gasteiger partial charge < -0.3 is 20.1 Å². The van der Waals surface area contributed by atoms with E-state index in [0.717, 1.165) is 12.2 Å². The van der Waals surface area contributed by atoms with Gasteiger partial charge in [0.05, 0.1) is 31.4 Å². The van der Waals surface area contributed by atoms with Gasteiger partial charge >= 0.3 is 0 Å². The van der Waals surface area contributed by atoms with E-state index in [2.05, 4.69) is 11.0 Å². The van der Waals surface area contributed by atoms with Crippen molar-refractivity contribution in [1.82, 2.24) is 0 Å². The lowest BCUT2D eigenvalue weighted by Crippen LogP contribution is -2.28. The van der Waals surface area contributed by atoms with Crippen LogP contribution in [0.2, 0.25) is 0 Å². The van der Waals surface area contributed by atoms with Gasteiger partial charge in [0.25, 0.3) is 0 Å². The lowest BCUT2D eigenvalue weighted by molar-refractivity contribution is 0.205. The summed E-state index contributed by atoms with van der Waals surface area (Å²) in [7, 11) is 1.66. The number of anilines is 2. The summed E-state index contributed by atoms with van der Waals surface area (Å²) < 4.78 is 10.6. The molecule has 0 amide bonds. The Labute approximate surface area is 114 Å². The predicted molar refractivity (Wildman–Crippen MR) is 76.3 cm³/mol. The Morgan fingerprint density at radius 1 is 1.37 bits per heavy atom. The van der Waals surface area contributed by atoms with Crippen LogP contribution in [0.4, 0.5) is 11.4 Å². The molecule has 104 valence electrons. The highest BCUT2D eigenvalue weighted by Crippen LogP contribution is 2.27. The monoisotopic (exact) mass is 263 g/mol. The summed E-state index contributed by atoms with van der Waals surface area (Å²) >= 11 is 0. The molecule has 2 N–H and O–H groups in total. The van der Waals surface area contributed by atoms with Gasteiger partial charge in [0.2, 0.25) is 0 Å². The highest BCUT2D eigenvalue weighted by Gasteiger charge is 2.09. The molecule has 0 fully saturated rings. The van der Waals surface area contributed by atoms with Crippen molar-refractivity contribution in [3.63, 3.8) is 0 Å². The highest BCUT2D eigenvalue weighted by atomic mass is 16.5. The van der Waals surface area contributed by atoms with Crippen molar-refractivity contribution in [3.05, 3.63) is 18.2 Å². The third-order valence-electron chi connectivity index (χ3n) is 2.72. The number of methoxy groups -OCH3 is 1. The SMILES string of the molecule is CCOc1cc(N(CCC#N)CCOC)ccc1N. The Kier molecular flexibility index (Phi) is 6.55. The van der Waals surface area contributed by atoms with E-state index in [0.29, 0.717) is 37.6 Å². The van der Waals surface area contributed by atoms with Gasteiger partial charge in [-0.1, -0.05) is 0 Å². The van der Waals surface area contributed by atoms with Gasteiger partial charge in [-0.05, 0) is 19.1 Å². The second-order valence-corrected chi connectivity index (χ2v) is 4.04. The van der Waals surface area contributed by atoms with Gasteiger partial charge in [-0.15, -0.1) is 0 Å². The molecule has 0 radical (unpaired) electrons. The van der Waals surface area contributed by atoms with Crippen LogP contribution in [-0.2, 0) is 4.74 Å². The normalized spacial score (nSPS) is 9.95. The van der Waals surface area contributed by atoms with Crippen LogP contribution < -0.4 is 15.4 Å². The molecule has 0 spiro atoms. The maximum absolute atomic E-state index is 8.72. The molecule has 0 atom stereocenters. The number of hydrogen-bond acceptors (Lipinski definition) is 5. The van der Waals surface area contributed by atoms with Gasteiger partial charge in [-0.3, -0.25) is 0 Å². The summed E-state index contributed by atoms with van der Waals surface area (Å²) in [4.78, 5) is 2.09. The Morgan fingerprint density at radius 2 is 2.16 bits per heavy atom. The first kappa shape index (κ1) is 15.1. The predicted octanol–water partition coefficient (Wildman–Crippen LogP) is 2.03. The average molecular weight is 263 g/mol. The number of rotatable bonds is 8. The number of hydrogen-bond donors (Lipinski definition) is 1. The molecule has 0 unspecified atom stereocenters. The molecule has 5 heteroatoms. The van der Waals surface area contributed by atoms with E-state index in [9.17, 15) is 0 Å². The summed E-state index contributed by atoms with van der Waals surface area (Å²) in [5.41, 5.74) is 7.47. The van der Waals surface area contributed by atoms with E-state index < -0.39 is 0 Å². The summed E-state index contributed by atoms with van der Waals surface area (Å²) in [6.07, 6.45) is 0.470. The third kappa shape index (κ3) is 4.68. The number of nitrogens with two attached hydrogens (primary N) is 1. The van der Waals surface area contributed by atoms with Gasteiger partial charge in [-0.2, -0.15) is 5.26 Å². The highest BCUT2D eigenvalue weighted by molar-refractivity contribution is 5.62. The van der Waals surface area contributed by atoms with Gasteiger partial charge in [-0.25, -0.2) is 0 Å². The summed E-state index contributed by atoms with van der Waals surface area (Å²) in [6, 6.07) is 7.83. The lowest BCUT2D eigenvalue weighted by atomic mass is 10.2. The first-order valence-corrected chi connectivity index (χ1v) is 6.36. The fourth-order valence-corrected chi connectivity index (χ4v) is 1.76. The second kappa shape index (κ2) is 8.22. The van der Waals surface area contributed by atoms with Crippen LogP contribution in [-0.4, -0.2) is 33.4 Å². The summed E-state index contributed by atoms with van der Waals surface area (Å²) in [5.74, 6) is 0.680. The van der Waals surface area contributed by atoms with E-state index in [4.69, 9.17) is 20.5 Å². The van der Waals surface area contributed by atoms with E-state index in [1.165, 1.54) is 0 Å². The molecule has 0 saturated carbocycles. The zero-order chi connectivity index (χ0) is 14.1. The molecule has 0 heterocycles. The number of benzene rings is 1. The van der Waals surface area contributed by atoms with E-state index in [1.54, 1.807) is 7.11 Å². The number of nitrogen functional groups attached to an aromatic ring is 1. The fraction of sp³-hybridized carbons (Fsp3) is 0.500. The van der Waals surface area contributed by atoms with Crippen LogP contribution in [0.3, 0.4) is 0 Å². The number of nitriles is 1. The zero-order valence-corrected chi connectivity index (χ0v) is 11.6. The van der Waals surface area contributed by atoms with Crippen LogP contribution in [0.1, 0.15) is 13.3 Å². The Hall–Kier alpha value is -1.93. The van der Waals surface area contributed by atoms with Crippen molar-refractivity contribution in [2.24, 2.45) is 0 Å². The molecule has 5 nitrogen and oxygen atoms in total. The molecular weight excluding hydrogens is 242 g/mol. The topological polar surface area (TPSA) is 71.5 Å². The molecule has 0 bridgehead atoms. The fourth-order valence-electron chi connectivity index (χ4n) is 1.76. The minimum Gasteiger partial charge on any atom is -0.492 e. The van der Waals surface area contributed by atoms with Crippen LogP contribution in [0, 0.1) is 11.3 Å². The largest absolute Gasteiger partial charge is 0.492 e. The van der Waals surface area contributed by atoms with Crippen LogP contribution in [0.25, 0.3) is 0 Å². The second-order valence-electron chi connectivity index (χ2n) is 4.04. The van der Waals surface area contributed by atoms with Crippen molar-refractivity contribution in [3.8, 4) is 11.8 Å². The van der Waals surface area contributed by atoms with Gasteiger partial charge in [0.15, 0.2) is 0 Å². The Balaban J connectivity index is 2.87. The molecule has 19 heavy (non-hydrogen) atoms. The molecule has 1 aromatic carbocycles. The third-order valence-corrected chi connectivity index (χ3v) is 2.72. The standard InChI is InChI=1S/C14H21N3O2/c1-3-19-14-11-12(5-6-13(14)16)17(8-4-7-15)9-10-18-2/h5-6,11H,3-4,8-10,16H2,1-2H3. The maximum atomic E-state index is 8.72. The van der Waals surface area contributed by atoms with E-state index in [1.807, 2.05) is 25.1 Å². The van der Waals surface area contributed by atoms with Crippen LogP contribution >= 0.6 is 0 Å². The van der Waals surface area contributed by atoms with Crippen LogP contribution in [0.15, 0.2) is 18.2 Å². The number of ether oxygens (including phenoxy) is 2. The Morgan fingerprint density at radius 3 is 2.79 bits per heavy atom. The first-order chi connectivity index (χ1) is 9.22. The minimum absolute atomic E-state index is 0.470. The maximum Gasteiger partial charge on any atom is 0.144 e. The molecule has 0 aromatic heterocycles. The zero-order valence-electron chi connectivity index (χ0n) is 11.6. The molecule has 0 saturated heterocycles. The molecule has 1 aromatic rings. The first-order valence-electron chi connectivity index (χ1n) is 6.36. The molecule has 0 aliphatic heterocycles. The van der Waals surface area contributed by atoms with Crippen molar-refractivity contribution >= 4 is 11.4 Å². The number of nitrogens with zero attached hydrogens (tertiary/aromatic N) is 2. The Bertz CT molecular complexity index is 429. The quantitative estimate of drug-likeness (QED) is 0.727. The van der Waals surface area contributed by atoms with E-state index in [-0.39, 0.29) is 0 Å². The summed E-state index contributed by atoms with van der Waals surface area (Å²) in [6.45, 7) is 4.50.